The number of benzene rings is 2. The summed E-state index contributed by atoms with van der Waals surface area (Å²) in [5, 5.41) is 9.16. The summed E-state index contributed by atoms with van der Waals surface area (Å²) in [6.45, 7) is 0. The predicted octanol–water partition coefficient (Wildman–Crippen LogP) is 4.83. The van der Waals surface area contributed by atoms with Crippen LogP contribution in [0, 0.1) is 23.0 Å². The molecule has 0 fully saturated rings. The number of rotatable bonds is 3. The second-order valence-electron chi connectivity index (χ2n) is 4.34. The van der Waals surface area contributed by atoms with Crippen molar-refractivity contribution in [3.8, 4) is 6.07 Å². The van der Waals surface area contributed by atoms with Gasteiger partial charge in [-0.25, -0.2) is 17.2 Å². The first-order valence-electron chi connectivity index (χ1n) is 6.03. The molecule has 0 unspecified atom stereocenters. The molecule has 0 aromatic heterocycles. The van der Waals surface area contributed by atoms with E-state index in [1.165, 1.54) is 30.3 Å². The van der Waals surface area contributed by atoms with Crippen molar-refractivity contribution in [3.05, 3.63) is 67.4 Å². The minimum absolute atomic E-state index is 0.156. The van der Waals surface area contributed by atoms with Crippen molar-refractivity contribution in [2.24, 2.45) is 0 Å². The maximum Gasteiger partial charge on any atom is 0.217 e. The zero-order chi connectivity index (χ0) is 17.2. The minimum atomic E-state index is -4.20. The molecule has 3 nitrogen and oxygen atoms in total. The Bertz CT molecular complexity index is 950. The molecule has 0 radical (unpaired) electrons. The monoisotopic (exact) mass is 461 g/mol. The van der Waals surface area contributed by atoms with Gasteiger partial charge in [-0.3, -0.25) is 0 Å². The van der Waals surface area contributed by atoms with E-state index in [-0.39, 0.29) is 14.9 Å². The van der Waals surface area contributed by atoms with Crippen LogP contribution >= 0.6 is 31.9 Å². The Kier molecular flexibility index (Phi) is 5.34. The van der Waals surface area contributed by atoms with Gasteiger partial charge in [-0.15, -0.1) is 0 Å². The third-order valence-electron chi connectivity index (χ3n) is 2.85. The Balaban J connectivity index is 2.65. The summed E-state index contributed by atoms with van der Waals surface area (Å²) in [7, 11) is -4.20. The molecular weight excluding hydrogens is 456 g/mol. The van der Waals surface area contributed by atoms with Gasteiger partial charge in [-0.05, 0) is 46.3 Å². The van der Waals surface area contributed by atoms with Crippen LogP contribution in [0.1, 0.15) is 5.56 Å². The molecule has 0 amide bonds. The van der Waals surface area contributed by atoms with Crippen molar-refractivity contribution in [1.29, 1.82) is 5.26 Å². The number of hydrogen-bond acceptors (Lipinski definition) is 3. The Morgan fingerprint density at radius 2 is 1.87 bits per heavy atom. The standard InChI is InChI=1S/C15H7Br2F2NO2S/c16-10-4-5-12(17)14(7-10)23(21,22)11(8-20)6-9-2-1-3-13(18)15(9)19/h1-7H. The van der Waals surface area contributed by atoms with E-state index in [9.17, 15) is 17.2 Å². The van der Waals surface area contributed by atoms with Crippen molar-refractivity contribution >= 4 is 47.8 Å². The molecular formula is C15H7Br2F2NO2S. The largest absolute Gasteiger partial charge is 0.218 e. The second kappa shape index (κ2) is 6.91. The number of nitriles is 1. The van der Waals surface area contributed by atoms with Crippen LogP contribution in [-0.4, -0.2) is 8.42 Å². The molecule has 0 saturated carbocycles. The third-order valence-corrected chi connectivity index (χ3v) is 6.00. The first-order valence-corrected chi connectivity index (χ1v) is 9.10. The summed E-state index contributed by atoms with van der Waals surface area (Å²) in [6, 6.07) is 9.26. The highest BCUT2D eigenvalue weighted by Gasteiger charge is 2.24. The molecule has 2 rings (SSSR count). The molecule has 2 aromatic carbocycles. The van der Waals surface area contributed by atoms with Crippen LogP contribution in [0.5, 0.6) is 0 Å². The summed E-state index contributed by atoms with van der Waals surface area (Å²) >= 11 is 6.26. The molecule has 0 saturated heterocycles. The first kappa shape index (κ1) is 17.8. The molecule has 0 bridgehead atoms. The molecule has 23 heavy (non-hydrogen) atoms. The first-order chi connectivity index (χ1) is 10.8. The fraction of sp³-hybridized carbons (Fsp3) is 0. The molecule has 0 heterocycles. The molecule has 0 aliphatic rings. The summed E-state index contributed by atoms with van der Waals surface area (Å²) in [6.07, 6.45) is 0.807. The summed E-state index contributed by atoms with van der Waals surface area (Å²) < 4.78 is 52.8. The summed E-state index contributed by atoms with van der Waals surface area (Å²) in [4.78, 5) is -0.850. The zero-order valence-electron chi connectivity index (χ0n) is 11.2. The molecule has 0 aliphatic carbocycles. The number of hydrogen-bond donors (Lipinski definition) is 0. The van der Waals surface area contributed by atoms with E-state index in [1.807, 2.05) is 0 Å². The lowest BCUT2D eigenvalue weighted by Crippen LogP contribution is -2.05. The van der Waals surface area contributed by atoms with Gasteiger partial charge in [0.05, 0.1) is 4.90 Å². The van der Waals surface area contributed by atoms with E-state index < -0.39 is 26.4 Å². The lowest BCUT2D eigenvalue weighted by Gasteiger charge is -2.07. The fourth-order valence-corrected chi connectivity index (χ4v) is 4.39. The number of halogens is 4. The highest BCUT2D eigenvalue weighted by atomic mass is 79.9. The van der Waals surface area contributed by atoms with Gasteiger partial charge in [0, 0.05) is 14.5 Å². The highest BCUT2D eigenvalue weighted by molar-refractivity contribution is 9.11. The number of allylic oxidation sites excluding steroid dienone is 1. The molecule has 2 aromatic rings. The third kappa shape index (κ3) is 3.68. The maximum absolute atomic E-state index is 13.7. The van der Waals surface area contributed by atoms with E-state index in [0.29, 0.717) is 4.47 Å². The van der Waals surface area contributed by atoms with Crippen LogP contribution in [0.15, 0.2) is 55.1 Å². The predicted molar refractivity (Wildman–Crippen MR) is 89.0 cm³/mol. The van der Waals surface area contributed by atoms with Crippen LogP contribution in [0.3, 0.4) is 0 Å². The van der Waals surface area contributed by atoms with Crippen molar-refractivity contribution in [3.63, 3.8) is 0 Å². The van der Waals surface area contributed by atoms with Crippen molar-refractivity contribution in [2.45, 2.75) is 4.90 Å². The quantitative estimate of drug-likeness (QED) is 0.614. The Labute approximate surface area is 148 Å². The lowest BCUT2D eigenvalue weighted by molar-refractivity contribution is 0.507. The summed E-state index contributed by atoms with van der Waals surface area (Å²) in [5.41, 5.74) is -0.323. The molecule has 0 aliphatic heterocycles. The molecule has 118 valence electrons. The van der Waals surface area contributed by atoms with Gasteiger partial charge in [0.25, 0.3) is 0 Å². The van der Waals surface area contributed by atoms with Gasteiger partial charge >= 0.3 is 0 Å². The Hall–Kier alpha value is -1.56. The van der Waals surface area contributed by atoms with Gasteiger partial charge in [0.1, 0.15) is 11.0 Å². The van der Waals surface area contributed by atoms with E-state index in [0.717, 1.165) is 12.1 Å². The topological polar surface area (TPSA) is 57.9 Å². The average Bonchev–Trinajstić information content (AvgIpc) is 2.50. The van der Waals surface area contributed by atoms with Gasteiger partial charge in [-0.2, -0.15) is 5.26 Å². The Morgan fingerprint density at radius 1 is 1.17 bits per heavy atom. The van der Waals surface area contributed by atoms with Gasteiger partial charge < -0.3 is 0 Å². The lowest BCUT2D eigenvalue weighted by atomic mass is 10.2. The van der Waals surface area contributed by atoms with Crippen LogP contribution in [-0.2, 0) is 9.84 Å². The highest BCUT2D eigenvalue weighted by Crippen LogP contribution is 2.31. The number of nitrogens with zero attached hydrogens (tertiary/aromatic N) is 1. The fourth-order valence-electron chi connectivity index (χ4n) is 1.74. The van der Waals surface area contributed by atoms with Crippen molar-refractivity contribution in [2.75, 3.05) is 0 Å². The zero-order valence-corrected chi connectivity index (χ0v) is 15.2. The number of sulfone groups is 1. The smallest absolute Gasteiger partial charge is 0.217 e. The van der Waals surface area contributed by atoms with Gasteiger partial charge in [-0.1, -0.05) is 28.1 Å². The van der Waals surface area contributed by atoms with Crippen LogP contribution in [0.4, 0.5) is 8.78 Å². The van der Waals surface area contributed by atoms with E-state index in [4.69, 9.17) is 5.26 Å². The van der Waals surface area contributed by atoms with Gasteiger partial charge in [0.15, 0.2) is 11.6 Å². The van der Waals surface area contributed by atoms with Gasteiger partial charge in [0.2, 0.25) is 9.84 Å². The SMILES string of the molecule is N#CC(=Cc1cccc(F)c1F)S(=O)(=O)c1cc(Br)ccc1Br. The van der Waals surface area contributed by atoms with Crippen LogP contribution in [0.2, 0.25) is 0 Å². The van der Waals surface area contributed by atoms with Crippen molar-refractivity contribution in [1.82, 2.24) is 0 Å². The molecule has 0 spiro atoms. The average molecular weight is 463 g/mol. The minimum Gasteiger partial charge on any atom is -0.218 e. The second-order valence-corrected chi connectivity index (χ2v) is 8.00. The Morgan fingerprint density at radius 3 is 2.52 bits per heavy atom. The maximum atomic E-state index is 13.7. The van der Waals surface area contributed by atoms with Crippen LogP contribution < -0.4 is 0 Å². The van der Waals surface area contributed by atoms with E-state index in [1.54, 1.807) is 6.07 Å². The molecule has 0 N–H and O–H groups in total. The van der Waals surface area contributed by atoms with Crippen LogP contribution in [0.25, 0.3) is 6.08 Å². The molecule has 0 atom stereocenters. The molecule has 8 heteroatoms. The normalized spacial score (nSPS) is 12.0. The van der Waals surface area contributed by atoms with E-state index >= 15 is 0 Å². The van der Waals surface area contributed by atoms with Crippen molar-refractivity contribution < 1.29 is 17.2 Å². The summed E-state index contributed by atoms with van der Waals surface area (Å²) in [5.74, 6) is -2.35. The van der Waals surface area contributed by atoms with E-state index in [2.05, 4.69) is 31.9 Å².